The Morgan fingerprint density at radius 2 is 2.31 bits per heavy atom. The van der Waals surface area contributed by atoms with Gasteiger partial charge in [-0.15, -0.1) is 0 Å². The summed E-state index contributed by atoms with van der Waals surface area (Å²) in [5, 5.41) is 7.88. The number of hydrogen-bond acceptors (Lipinski definition) is 6. The minimum Gasteiger partial charge on any atom is -0.334 e. The van der Waals surface area contributed by atoms with Crippen molar-refractivity contribution in [1.82, 2.24) is 24.7 Å². The van der Waals surface area contributed by atoms with Crippen LogP contribution in [0.5, 0.6) is 0 Å². The molecule has 0 aromatic carbocycles. The molecule has 0 radical (unpaired) electrons. The van der Waals surface area contributed by atoms with Crippen LogP contribution in [0.1, 0.15) is 5.82 Å². The lowest BCUT2D eigenvalue weighted by atomic mass is 10.3. The van der Waals surface area contributed by atoms with Crippen molar-refractivity contribution in [2.75, 3.05) is 0 Å². The Hall–Kier alpha value is -2.28. The van der Waals surface area contributed by atoms with Crippen molar-refractivity contribution in [2.24, 2.45) is 5.73 Å². The average molecular weight is 216 g/mol. The van der Waals surface area contributed by atoms with Gasteiger partial charge in [0.05, 0.1) is 30.0 Å². The second-order valence-corrected chi connectivity index (χ2v) is 3.18. The van der Waals surface area contributed by atoms with E-state index in [0.29, 0.717) is 11.7 Å². The molecule has 16 heavy (non-hydrogen) atoms. The van der Waals surface area contributed by atoms with E-state index in [0.717, 1.165) is 11.1 Å². The largest absolute Gasteiger partial charge is 0.334 e. The third-order valence-corrected chi connectivity index (χ3v) is 2.21. The molecule has 0 fully saturated rings. The second-order valence-electron chi connectivity index (χ2n) is 3.18. The van der Waals surface area contributed by atoms with Crippen molar-refractivity contribution >= 4 is 5.52 Å². The van der Waals surface area contributed by atoms with Gasteiger partial charge in [0.15, 0.2) is 5.82 Å². The first kappa shape index (κ1) is 8.98. The van der Waals surface area contributed by atoms with Crippen LogP contribution >= 0.6 is 0 Å². The summed E-state index contributed by atoms with van der Waals surface area (Å²) in [6.45, 7) is 0.251. The molecule has 3 aromatic heterocycles. The minimum atomic E-state index is 0.251. The molecule has 2 N–H and O–H groups in total. The van der Waals surface area contributed by atoms with Crippen LogP contribution in [0, 0.1) is 0 Å². The SMILES string of the molecule is NCc1noc(-c2cnn3ccncc23)n1. The summed E-state index contributed by atoms with van der Waals surface area (Å²) in [7, 11) is 0. The Kier molecular flexibility index (Phi) is 1.90. The summed E-state index contributed by atoms with van der Waals surface area (Å²) < 4.78 is 6.77. The Bertz CT molecular complexity index is 628. The molecule has 0 spiro atoms. The number of rotatable bonds is 2. The maximum atomic E-state index is 5.41. The van der Waals surface area contributed by atoms with E-state index in [1.807, 2.05) is 0 Å². The molecule has 0 aliphatic carbocycles. The van der Waals surface area contributed by atoms with Gasteiger partial charge in [-0.25, -0.2) is 4.52 Å². The average Bonchev–Trinajstić information content (AvgIpc) is 2.94. The van der Waals surface area contributed by atoms with Gasteiger partial charge in [-0.2, -0.15) is 10.1 Å². The van der Waals surface area contributed by atoms with Gasteiger partial charge < -0.3 is 10.3 Å². The van der Waals surface area contributed by atoms with Gasteiger partial charge in [0.2, 0.25) is 0 Å². The summed E-state index contributed by atoms with van der Waals surface area (Å²) in [5.74, 6) is 0.877. The lowest BCUT2D eigenvalue weighted by Gasteiger charge is -1.91. The van der Waals surface area contributed by atoms with Gasteiger partial charge >= 0.3 is 0 Å². The Morgan fingerprint density at radius 3 is 3.12 bits per heavy atom. The molecule has 7 heteroatoms. The van der Waals surface area contributed by atoms with E-state index < -0.39 is 0 Å². The first-order chi connectivity index (χ1) is 7.88. The summed E-state index contributed by atoms with van der Waals surface area (Å²) in [6.07, 6.45) is 6.75. The quantitative estimate of drug-likeness (QED) is 0.659. The van der Waals surface area contributed by atoms with Crippen LogP contribution < -0.4 is 5.73 Å². The second kappa shape index (κ2) is 3.38. The highest BCUT2D eigenvalue weighted by atomic mass is 16.5. The van der Waals surface area contributed by atoms with Gasteiger partial charge in [-0.1, -0.05) is 5.16 Å². The van der Waals surface area contributed by atoms with Crippen molar-refractivity contribution in [1.29, 1.82) is 0 Å². The van der Waals surface area contributed by atoms with Crippen LogP contribution in [0.3, 0.4) is 0 Å². The molecule has 0 saturated carbocycles. The number of nitrogens with zero attached hydrogens (tertiary/aromatic N) is 5. The van der Waals surface area contributed by atoms with Crippen LogP contribution in [0.15, 0.2) is 29.3 Å². The third-order valence-electron chi connectivity index (χ3n) is 2.21. The summed E-state index contributed by atoms with van der Waals surface area (Å²) in [5.41, 5.74) is 6.98. The highest BCUT2D eigenvalue weighted by Gasteiger charge is 2.13. The van der Waals surface area contributed by atoms with Crippen LogP contribution in [0.4, 0.5) is 0 Å². The van der Waals surface area contributed by atoms with Gasteiger partial charge in [0.25, 0.3) is 5.89 Å². The van der Waals surface area contributed by atoms with E-state index in [1.165, 1.54) is 0 Å². The molecule has 3 rings (SSSR count). The molecule has 80 valence electrons. The lowest BCUT2D eigenvalue weighted by Crippen LogP contribution is -1.97. The zero-order chi connectivity index (χ0) is 11.0. The standard InChI is InChI=1S/C9H8N6O/c10-3-8-13-9(16-14-8)6-4-12-15-2-1-11-5-7(6)15/h1-2,4-5H,3,10H2. The minimum absolute atomic E-state index is 0.251. The fourth-order valence-electron chi connectivity index (χ4n) is 1.45. The topological polar surface area (TPSA) is 95.1 Å². The molecule has 0 bridgehead atoms. The van der Waals surface area contributed by atoms with Gasteiger partial charge in [-0.3, -0.25) is 4.98 Å². The molecule has 0 aliphatic heterocycles. The summed E-state index contributed by atoms with van der Waals surface area (Å²) >= 11 is 0. The molecular weight excluding hydrogens is 208 g/mol. The van der Waals surface area contributed by atoms with E-state index in [9.17, 15) is 0 Å². The van der Waals surface area contributed by atoms with Gasteiger partial charge in [0, 0.05) is 12.4 Å². The van der Waals surface area contributed by atoms with Crippen molar-refractivity contribution in [2.45, 2.75) is 6.54 Å². The van der Waals surface area contributed by atoms with Gasteiger partial charge in [0.1, 0.15) is 0 Å². The Morgan fingerprint density at radius 1 is 1.38 bits per heavy atom. The first-order valence-electron chi connectivity index (χ1n) is 4.69. The van der Waals surface area contributed by atoms with Crippen LogP contribution in [-0.4, -0.2) is 24.7 Å². The van der Waals surface area contributed by atoms with E-state index >= 15 is 0 Å². The predicted molar refractivity (Wildman–Crippen MR) is 54.2 cm³/mol. The third kappa shape index (κ3) is 1.26. The van der Waals surface area contributed by atoms with Crippen molar-refractivity contribution in [3.8, 4) is 11.5 Å². The number of nitrogens with two attached hydrogens (primary N) is 1. The number of aromatic nitrogens is 5. The Balaban J connectivity index is 2.18. The summed E-state index contributed by atoms with van der Waals surface area (Å²) in [6, 6.07) is 0. The maximum absolute atomic E-state index is 5.41. The van der Waals surface area contributed by atoms with Crippen molar-refractivity contribution in [3.63, 3.8) is 0 Å². The maximum Gasteiger partial charge on any atom is 0.261 e. The van der Waals surface area contributed by atoms with Gasteiger partial charge in [-0.05, 0) is 0 Å². The number of fused-ring (bicyclic) bond motifs is 1. The monoisotopic (exact) mass is 216 g/mol. The molecule has 0 amide bonds. The highest BCUT2D eigenvalue weighted by Crippen LogP contribution is 2.21. The van der Waals surface area contributed by atoms with Crippen molar-refractivity contribution < 1.29 is 4.52 Å². The van der Waals surface area contributed by atoms with E-state index in [2.05, 4.69) is 20.2 Å². The fraction of sp³-hybridized carbons (Fsp3) is 0.111. The highest BCUT2D eigenvalue weighted by molar-refractivity contribution is 5.73. The fourth-order valence-corrected chi connectivity index (χ4v) is 1.45. The van der Waals surface area contributed by atoms with Crippen molar-refractivity contribution in [3.05, 3.63) is 30.6 Å². The molecule has 0 unspecified atom stereocenters. The van der Waals surface area contributed by atoms with Crippen LogP contribution in [0.25, 0.3) is 17.0 Å². The molecule has 3 aromatic rings. The lowest BCUT2D eigenvalue weighted by molar-refractivity contribution is 0.423. The molecule has 7 nitrogen and oxygen atoms in total. The van der Waals surface area contributed by atoms with Crippen LogP contribution in [0.2, 0.25) is 0 Å². The van der Waals surface area contributed by atoms with E-state index in [-0.39, 0.29) is 6.54 Å². The molecule has 0 atom stereocenters. The van der Waals surface area contributed by atoms with E-state index in [1.54, 1.807) is 29.3 Å². The molecule has 3 heterocycles. The predicted octanol–water partition coefficient (Wildman–Crippen LogP) is 0.238. The zero-order valence-electron chi connectivity index (χ0n) is 8.24. The van der Waals surface area contributed by atoms with E-state index in [4.69, 9.17) is 10.3 Å². The molecular formula is C9H8N6O. The van der Waals surface area contributed by atoms with Crippen LogP contribution in [-0.2, 0) is 6.54 Å². The summed E-state index contributed by atoms with van der Waals surface area (Å²) in [4.78, 5) is 8.16. The zero-order valence-corrected chi connectivity index (χ0v) is 8.24. The molecule has 0 saturated heterocycles. The molecule has 0 aliphatic rings. The first-order valence-corrected chi connectivity index (χ1v) is 4.69. The normalized spacial score (nSPS) is 11.1. The number of hydrogen-bond donors (Lipinski definition) is 1. The smallest absolute Gasteiger partial charge is 0.261 e. The Labute approximate surface area is 89.9 Å².